The van der Waals surface area contributed by atoms with Gasteiger partial charge in [0.05, 0.1) is 0 Å². The van der Waals surface area contributed by atoms with Crippen LogP contribution in [0.2, 0.25) is 0 Å². The second-order valence-electron chi connectivity index (χ2n) is 1.51. The lowest BCUT2D eigenvalue weighted by atomic mass is 11.1. The van der Waals surface area contributed by atoms with E-state index in [2.05, 4.69) is 33.8 Å². The molecule has 14 nitrogen and oxygen atoms in total. The second kappa shape index (κ2) is 17.9. The summed E-state index contributed by atoms with van der Waals surface area (Å²) < 4.78 is 0. The summed E-state index contributed by atoms with van der Waals surface area (Å²) in [5.74, 6) is 10.4. The Kier molecular flexibility index (Phi) is 25.8. The van der Waals surface area contributed by atoms with Gasteiger partial charge in [-0.1, -0.05) is 0 Å². The summed E-state index contributed by atoms with van der Waals surface area (Å²) in [5, 5.41) is 23.6. The first-order chi connectivity index (χ1) is 6.93. The van der Waals surface area contributed by atoms with Crippen molar-refractivity contribution in [2.45, 2.75) is 0 Å². The fourth-order valence-electron chi connectivity index (χ4n) is 0. The molecule has 0 aliphatic rings. The van der Waals surface area contributed by atoms with Crippen LogP contribution in [0.3, 0.4) is 0 Å². The van der Waals surface area contributed by atoms with E-state index in [1.165, 1.54) is 0 Å². The molecule has 14 N–H and O–H groups in total. The molecule has 0 saturated carbocycles. The summed E-state index contributed by atoms with van der Waals surface area (Å²) in [6.07, 6.45) is 0. The highest BCUT2D eigenvalue weighted by Crippen LogP contribution is 1.51. The van der Waals surface area contributed by atoms with Gasteiger partial charge in [0.1, 0.15) is 0 Å². The summed E-state index contributed by atoms with van der Waals surface area (Å²) in [7, 11) is 0. The van der Waals surface area contributed by atoms with E-state index < -0.39 is 10.1 Å². The molecule has 0 aliphatic carbocycles. The van der Waals surface area contributed by atoms with Crippen molar-refractivity contribution < 1.29 is 20.9 Å². The molecule has 0 rings (SSSR count). The SMILES string of the molecule is NC(N)=[NH2+].NC(N)=[NH2+].[NH-][N+](=O)[O-].[NH-][N+](=O)[O-]. The van der Waals surface area contributed by atoms with Gasteiger partial charge >= 0.3 is 11.9 Å². The Morgan fingerprint density at radius 3 is 0.875 bits per heavy atom. The van der Waals surface area contributed by atoms with Gasteiger partial charge in [-0.2, -0.15) is 0 Å². The van der Waals surface area contributed by atoms with E-state index in [1.807, 2.05) is 0 Å². The Morgan fingerprint density at radius 1 is 0.875 bits per heavy atom. The van der Waals surface area contributed by atoms with E-state index in [9.17, 15) is 0 Å². The van der Waals surface area contributed by atoms with Crippen molar-refractivity contribution in [3.05, 3.63) is 31.9 Å². The predicted molar refractivity (Wildman–Crippen MR) is 53.2 cm³/mol. The zero-order valence-electron chi connectivity index (χ0n) is 7.99. The third kappa shape index (κ3) is 115. The van der Waals surface area contributed by atoms with E-state index in [1.54, 1.807) is 0 Å². The lowest BCUT2D eigenvalue weighted by molar-refractivity contribution is -0.403. The molecule has 0 fully saturated rings. The van der Waals surface area contributed by atoms with E-state index in [-0.39, 0.29) is 11.9 Å². The smallest absolute Gasteiger partial charge is 0.336 e. The quantitative estimate of drug-likeness (QED) is 0.103. The second-order valence-corrected chi connectivity index (χ2v) is 1.51. The van der Waals surface area contributed by atoms with Gasteiger partial charge in [0.25, 0.3) is 0 Å². The van der Waals surface area contributed by atoms with E-state index in [0.717, 1.165) is 0 Å². The number of nitro groups is 2. The third-order valence-corrected chi connectivity index (χ3v) is 0. The van der Waals surface area contributed by atoms with Gasteiger partial charge in [0, 0.05) is 0 Å². The molecule has 14 heteroatoms. The minimum atomic E-state index is -1.25. The van der Waals surface area contributed by atoms with Crippen molar-refractivity contribution in [2.24, 2.45) is 22.9 Å². The maximum atomic E-state index is 8.47. The van der Waals surface area contributed by atoms with Crippen LogP contribution in [0.5, 0.6) is 0 Å². The monoisotopic (exact) mass is 242 g/mol. The third-order valence-electron chi connectivity index (χ3n) is 0. The van der Waals surface area contributed by atoms with Crippen molar-refractivity contribution in [2.75, 3.05) is 0 Å². The maximum Gasteiger partial charge on any atom is 0.336 e. The lowest BCUT2D eigenvalue weighted by Gasteiger charge is -1.76. The molecule has 0 aromatic heterocycles. The van der Waals surface area contributed by atoms with Crippen molar-refractivity contribution in [3.63, 3.8) is 0 Å². The molecule has 0 radical (unpaired) electrons. The summed E-state index contributed by atoms with van der Waals surface area (Å²) in [4.78, 5) is 16.9. The average Bonchev–Trinajstić information content (AvgIpc) is 1.76. The number of hydrogen-bond donors (Lipinski definition) is 6. The van der Waals surface area contributed by atoms with Crippen molar-refractivity contribution in [1.82, 2.24) is 0 Å². The minimum absolute atomic E-state index is 0.0833. The number of nitrogens with two attached hydrogens (primary N) is 6. The number of rotatable bonds is 0. The molecule has 0 aromatic rings. The molecule has 0 heterocycles. The minimum Gasteiger partial charge on any atom is -0.393 e. The van der Waals surface area contributed by atoms with Crippen LogP contribution in [-0.4, -0.2) is 22.0 Å². The van der Waals surface area contributed by atoms with Crippen LogP contribution in [-0.2, 0) is 0 Å². The van der Waals surface area contributed by atoms with Gasteiger partial charge in [-0.05, 0) is 10.1 Å². The van der Waals surface area contributed by atoms with Crippen LogP contribution in [0.4, 0.5) is 0 Å². The first-order valence-electron chi connectivity index (χ1n) is 2.91. The van der Waals surface area contributed by atoms with Crippen molar-refractivity contribution >= 4 is 11.9 Å². The van der Waals surface area contributed by atoms with Gasteiger partial charge in [0.2, 0.25) is 0 Å². The average molecular weight is 242 g/mol. The molecule has 0 bridgehead atoms. The first-order valence-corrected chi connectivity index (χ1v) is 2.91. The Hall–Kier alpha value is -3.06. The fraction of sp³-hybridized carbons (Fsp3) is 0. The first kappa shape index (κ1) is 23.1. The van der Waals surface area contributed by atoms with Gasteiger partial charge in [-0.25, -0.2) is 0 Å². The summed E-state index contributed by atoms with van der Waals surface area (Å²) in [5.41, 5.74) is 18.3. The molecular weight excluding hydrogens is 228 g/mol. The topological polar surface area (TPSA) is 289 Å². The van der Waals surface area contributed by atoms with Crippen LogP contribution in [0, 0.1) is 20.2 Å². The van der Waals surface area contributed by atoms with E-state index in [0.29, 0.717) is 0 Å². The van der Waals surface area contributed by atoms with Crippen LogP contribution in [0.15, 0.2) is 0 Å². The molecule has 0 aromatic carbocycles. The van der Waals surface area contributed by atoms with Crippen molar-refractivity contribution in [3.8, 4) is 0 Å². The van der Waals surface area contributed by atoms with Gasteiger partial charge in [-0.3, -0.25) is 54.0 Å². The molecule has 0 aliphatic heterocycles. The predicted octanol–water partition coefficient (Wildman–Crippen LogP) is -5.50. The highest BCUT2D eigenvalue weighted by atomic mass is 16.7. The molecule has 0 saturated heterocycles. The normalized spacial score (nSPS) is 6.00. The number of nitrogens with one attached hydrogen (secondary N) is 2. The number of guanidine groups is 2. The van der Waals surface area contributed by atoms with Gasteiger partial charge < -0.3 is 11.7 Å². The summed E-state index contributed by atoms with van der Waals surface area (Å²) >= 11 is 0. The summed E-state index contributed by atoms with van der Waals surface area (Å²) in [6.45, 7) is 0. The number of hydrogen-bond acceptors (Lipinski definition) is 4. The van der Waals surface area contributed by atoms with E-state index in [4.69, 9.17) is 31.9 Å². The highest BCUT2D eigenvalue weighted by Gasteiger charge is 1.64. The molecule has 0 unspecified atom stereocenters. The van der Waals surface area contributed by atoms with Crippen LogP contribution >= 0.6 is 0 Å². The molecule has 0 spiro atoms. The van der Waals surface area contributed by atoms with Crippen LogP contribution in [0.25, 0.3) is 11.7 Å². The fourth-order valence-corrected chi connectivity index (χ4v) is 0. The molecular formula is C2H14N10O4. The summed E-state index contributed by atoms with van der Waals surface area (Å²) in [6, 6.07) is 0. The van der Waals surface area contributed by atoms with Gasteiger partial charge in [-0.15, -0.1) is 0 Å². The molecule has 0 amide bonds. The van der Waals surface area contributed by atoms with Crippen molar-refractivity contribution in [1.29, 1.82) is 0 Å². The highest BCUT2D eigenvalue weighted by molar-refractivity contribution is 5.68. The Bertz CT molecular complexity index is 161. The Balaban J connectivity index is -0.0000000600. The largest absolute Gasteiger partial charge is 0.393 e. The zero-order valence-corrected chi connectivity index (χ0v) is 7.99. The lowest BCUT2D eigenvalue weighted by Crippen LogP contribution is -2.51. The van der Waals surface area contributed by atoms with Gasteiger partial charge in [0.15, 0.2) is 0 Å². The van der Waals surface area contributed by atoms with Crippen LogP contribution < -0.4 is 33.8 Å². The zero-order chi connectivity index (χ0) is 14.3. The molecule has 0 atom stereocenters. The maximum absolute atomic E-state index is 8.47. The molecule has 16 heavy (non-hydrogen) atoms. The Morgan fingerprint density at radius 2 is 0.875 bits per heavy atom. The Labute approximate surface area is 88.8 Å². The number of nitrogens with zero attached hydrogens (tertiary/aromatic N) is 2. The van der Waals surface area contributed by atoms with Crippen LogP contribution in [0.1, 0.15) is 0 Å². The standard InChI is InChI=1S/2CH5N3.2HN2O2/c2*2-1(3)4;2*1-2(3)4/h2*(H5,2,3,4);2*1H/q;;2*-1/p+2. The van der Waals surface area contributed by atoms with E-state index >= 15 is 0 Å². The molecule has 96 valence electrons.